The first-order chi connectivity index (χ1) is 14.5. The van der Waals surface area contributed by atoms with E-state index in [2.05, 4.69) is 20.6 Å². The first-order valence-electron chi connectivity index (χ1n) is 9.83. The van der Waals surface area contributed by atoms with Crippen LogP contribution < -0.4 is 10.1 Å². The minimum absolute atomic E-state index is 0.0339. The van der Waals surface area contributed by atoms with Gasteiger partial charge in [0.05, 0.1) is 11.8 Å². The molecule has 0 bridgehead atoms. The molecule has 4 heterocycles. The van der Waals surface area contributed by atoms with E-state index in [4.69, 9.17) is 9.84 Å². The molecule has 1 aliphatic rings. The van der Waals surface area contributed by atoms with Crippen LogP contribution in [0.15, 0.2) is 42.7 Å². The van der Waals surface area contributed by atoms with Gasteiger partial charge >= 0.3 is 0 Å². The van der Waals surface area contributed by atoms with Gasteiger partial charge in [0.1, 0.15) is 17.9 Å². The van der Waals surface area contributed by atoms with Gasteiger partial charge in [0.15, 0.2) is 11.5 Å². The lowest BCUT2D eigenvalue weighted by molar-refractivity contribution is -0.116. The number of nitrogens with zero attached hydrogens (tertiary/aromatic N) is 6. The van der Waals surface area contributed by atoms with Crippen LogP contribution in [0.3, 0.4) is 0 Å². The molecule has 9 heteroatoms. The molecule has 1 aliphatic heterocycles. The van der Waals surface area contributed by atoms with Crippen molar-refractivity contribution in [2.45, 2.75) is 39.2 Å². The highest BCUT2D eigenvalue weighted by Gasteiger charge is 2.34. The van der Waals surface area contributed by atoms with Gasteiger partial charge in [0.2, 0.25) is 5.91 Å². The van der Waals surface area contributed by atoms with Crippen LogP contribution in [0.4, 0.5) is 5.82 Å². The molecule has 9 nitrogen and oxygen atoms in total. The molecule has 0 spiro atoms. The number of aromatic nitrogens is 6. The van der Waals surface area contributed by atoms with E-state index in [0.29, 0.717) is 23.7 Å². The van der Waals surface area contributed by atoms with Gasteiger partial charge in [-0.2, -0.15) is 14.3 Å². The van der Waals surface area contributed by atoms with Gasteiger partial charge in [-0.1, -0.05) is 18.2 Å². The monoisotopic (exact) mass is 403 g/mol. The highest BCUT2D eigenvalue weighted by Crippen LogP contribution is 2.43. The van der Waals surface area contributed by atoms with Gasteiger partial charge in [-0.3, -0.25) is 4.79 Å². The zero-order valence-corrected chi connectivity index (χ0v) is 16.9. The number of amides is 1. The number of para-hydroxylation sites is 1. The number of fused-ring (bicyclic) bond motifs is 2. The van der Waals surface area contributed by atoms with E-state index in [-0.39, 0.29) is 17.9 Å². The smallest absolute Gasteiger partial charge is 0.226 e. The molecule has 3 aromatic heterocycles. The number of carbonyl (C=O) groups excluding carboxylic acids is 1. The quantitative estimate of drug-likeness (QED) is 0.562. The molecule has 30 heavy (non-hydrogen) atoms. The lowest BCUT2D eigenvalue weighted by atomic mass is 9.85. The topological polar surface area (TPSA) is 99.2 Å². The van der Waals surface area contributed by atoms with Gasteiger partial charge in [-0.25, -0.2) is 0 Å². The second kappa shape index (κ2) is 6.94. The van der Waals surface area contributed by atoms with Crippen LogP contribution in [-0.4, -0.2) is 41.6 Å². The van der Waals surface area contributed by atoms with Crippen LogP contribution in [0, 0.1) is 6.92 Å². The van der Waals surface area contributed by atoms with Gasteiger partial charge < -0.3 is 10.1 Å². The molecule has 1 amide bonds. The second-order valence-electron chi connectivity index (χ2n) is 7.59. The van der Waals surface area contributed by atoms with Gasteiger partial charge in [0.25, 0.3) is 0 Å². The number of hydrogen-bond acceptors (Lipinski definition) is 6. The number of benzene rings is 1. The molecule has 1 N–H and O–H groups in total. The molecule has 152 valence electrons. The maximum atomic E-state index is 12.7. The summed E-state index contributed by atoms with van der Waals surface area (Å²) in [6.45, 7) is 5.93. The standard InChI is InChI=1S/C21H21N7O2/c1-12(2)30-16-7-5-4-6-14(16)15-10-19(29)23-21-20(15)13(3)25-28(21)18-9-8-17-24-22-11-27(17)26-18/h4-9,11-12,15H,10H2,1-3H3,(H,23,29)/t15-/m1/s1. The number of ether oxygens (including phenoxy) is 1. The SMILES string of the molecule is Cc1nn(-c2ccc3nncn3n2)c2c1[C@@H](c1ccccc1OC(C)C)CC(=O)N2. The third-order valence-corrected chi connectivity index (χ3v) is 5.12. The minimum atomic E-state index is -0.156. The highest BCUT2D eigenvalue weighted by atomic mass is 16.5. The molecule has 0 aliphatic carbocycles. The average Bonchev–Trinajstić information content (AvgIpc) is 3.31. The van der Waals surface area contributed by atoms with Gasteiger partial charge in [-0.15, -0.1) is 15.3 Å². The Kier molecular flexibility index (Phi) is 4.23. The van der Waals surface area contributed by atoms with Gasteiger partial charge in [-0.05, 0) is 39.0 Å². The van der Waals surface area contributed by atoms with Crippen molar-refractivity contribution < 1.29 is 9.53 Å². The van der Waals surface area contributed by atoms with E-state index in [1.165, 1.54) is 6.33 Å². The lowest BCUT2D eigenvalue weighted by Gasteiger charge is -2.26. The maximum Gasteiger partial charge on any atom is 0.226 e. The minimum Gasteiger partial charge on any atom is -0.491 e. The molecule has 0 saturated carbocycles. The van der Waals surface area contributed by atoms with E-state index in [0.717, 1.165) is 22.6 Å². The van der Waals surface area contributed by atoms with Crippen LogP contribution in [-0.2, 0) is 4.79 Å². The largest absolute Gasteiger partial charge is 0.491 e. The molecule has 0 unspecified atom stereocenters. The second-order valence-corrected chi connectivity index (χ2v) is 7.59. The lowest BCUT2D eigenvalue weighted by Crippen LogP contribution is -2.25. The van der Waals surface area contributed by atoms with Crippen molar-refractivity contribution in [1.82, 2.24) is 29.6 Å². The van der Waals surface area contributed by atoms with Crippen LogP contribution >= 0.6 is 0 Å². The van der Waals surface area contributed by atoms with E-state index in [9.17, 15) is 4.79 Å². The van der Waals surface area contributed by atoms with Crippen molar-refractivity contribution in [3.63, 3.8) is 0 Å². The fraction of sp³-hybridized carbons (Fsp3) is 0.286. The summed E-state index contributed by atoms with van der Waals surface area (Å²) in [5, 5.41) is 20.1. The Morgan fingerprint density at radius 3 is 2.83 bits per heavy atom. The van der Waals surface area contributed by atoms with E-state index in [1.54, 1.807) is 9.20 Å². The van der Waals surface area contributed by atoms with Crippen molar-refractivity contribution in [1.29, 1.82) is 0 Å². The van der Waals surface area contributed by atoms with Crippen molar-refractivity contribution in [2.75, 3.05) is 5.32 Å². The van der Waals surface area contributed by atoms with Gasteiger partial charge in [0, 0.05) is 23.5 Å². The van der Waals surface area contributed by atoms with Crippen LogP contribution in [0.5, 0.6) is 5.75 Å². The van der Waals surface area contributed by atoms with E-state index >= 15 is 0 Å². The zero-order chi connectivity index (χ0) is 20.8. The van der Waals surface area contributed by atoms with Crippen molar-refractivity contribution in [3.8, 4) is 11.6 Å². The summed E-state index contributed by atoms with van der Waals surface area (Å²) in [6, 6.07) is 11.5. The Balaban J connectivity index is 1.65. The average molecular weight is 403 g/mol. The molecule has 4 aromatic rings. The number of carbonyl (C=O) groups is 1. The Bertz CT molecular complexity index is 1260. The van der Waals surface area contributed by atoms with E-state index < -0.39 is 0 Å². The van der Waals surface area contributed by atoms with Crippen molar-refractivity contribution >= 4 is 17.4 Å². The summed E-state index contributed by atoms with van der Waals surface area (Å²) in [4.78, 5) is 12.7. The molecule has 0 fully saturated rings. The highest BCUT2D eigenvalue weighted by molar-refractivity contribution is 5.95. The fourth-order valence-electron chi connectivity index (χ4n) is 3.94. The molecule has 1 atom stereocenters. The van der Waals surface area contributed by atoms with Crippen LogP contribution in [0.25, 0.3) is 11.5 Å². The Labute approximate surface area is 172 Å². The summed E-state index contributed by atoms with van der Waals surface area (Å²) in [7, 11) is 0. The molecule has 0 saturated heterocycles. The summed E-state index contributed by atoms with van der Waals surface area (Å²) < 4.78 is 9.27. The molecule has 5 rings (SSSR count). The van der Waals surface area contributed by atoms with E-state index in [1.807, 2.05) is 57.2 Å². The Hall–Kier alpha value is -3.75. The third kappa shape index (κ3) is 2.99. The molecule has 0 radical (unpaired) electrons. The summed E-state index contributed by atoms with van der Waals surface area (Å²) in [5.41, 5.74) is 3.42. The molecular weight excluding hydrogens is 382 g/mol. The van der Waals surface area contributed by atoms with Crippen LogP contribution in [0.1, 0.15) is 43.0 Å². The van der Waals surface area contributed by atoms with Crippen molar-refractivity contribution in [3.05, 3.63) is 59.5 Å². The van der Waals surface area contributed by atoms with Crippen molar-refractivity contribution in [2.24, 2.45) is 0 Å². The normalized spacial score (nSPS) is 16.0. The predicted molar refractivity (Wildman–Crippen MR) is 110 cm³/mol. The fourth-order valence-corrected chi connectivity index (χ4v) is 3.94. The summed E-state index contributed by atoms with van der Waals surface area (Å²) in [5.74, 6) is 1.76. The first kappa shape index (κ1) is 18.3. The first-order valence-corrected chi connectivity index (χ1v) is 9.83. The Morgan fingerprint density at radius 2 is 2.00 bits per heavy atom. The number of rotatable bonds is 4. The molecular formula is C21H21N7O2. The number of anilines is 1. The third-order valence-electron chi connectivity index (χ3n) is 5.12. The van der Waals surface area contributed by atoms with Crippen LogP contribution in [0.2, 0.25) is 0 Å². The maximum absolute atomic E-state index is 12.7. The number of aryl methyl sites for hydroxylation is 1. The number of hydrogen-bond donors (Lipinski definition) is 1. The zero-order valence-electron chi connectivity index (χ0n) is 16.9. The Morgan fingerprint density at radius 1 is 1.17 bits per heavy atom. The summed E-state index contributed by atoms with van der Waals surface area (Å²) in [6.07, 6.45) is 1.89. The molecule has 1 aromatic carbocycles. The predicted octanol–water partition coefficient (Wildman–Crippen LogP) is 2.88. The number of nitrogens with one attached hydrogen (secondary N) is 1. The summed E-state index contributed by atoms with van der Waals surface area (Å²) >= 11 is 0.